The largest absolute Gasteiger partial charge is 0.247 e. The number of halogens is 3. The SMILES string of the molecule is Cc1ccc(-c2nc3c(nc2-c2ccc(F)cc2)C(C(C#N)C#N)c2nc(-c4ccc(F)cc4)c(-c4ccc(F)cc4)nc2C3=C(C#N)C#N)cc1. The van der Waals surface area contributed by atoms with Crippen LogP contribution in [0.15, 0.2) is 103 Å². The number of hydrogen-bond donors (Lipinski definition) is 0. The standard InChI is InChI=1S/C41H21F3N8/c1-22-2-4-23(5-3-22)34-35(24-6-12-29(42)13-7-24)50-39-33(28(20-47)21-48)41-40(32(38(39)49-34)27(18-45)19-46)51-36(25-8-14-30(43)15-9-25)37(52-41)26-10-16-31(44)17-11-26/h2-17,28,33H,1H3. The fourth-order valence-electron chi connectivity index (χ4n) is 6.15. The number of aryl methyl sites for hydroxylation is 1. The third-order valence-corrected chi connectivity index (χ3v) is 8.67. The van der Waals surface area contributed by atoms with Crippen LogP contribution in [0.4, 0.5) is 13.2 Å². The summed E-state index contributed by atoms with van der Waals surface area (Å²) in [5.41, 5.74) is 3.59. The molecule has 1 aliphatic rings. The first-order valence-corrected chi connectivity index (χ1v) is 15.8. The average molecular weight is 683 g/mol. The van der Waals surface area contributed by atoms with Crippen molar-refractivity contribution >= 4 is 5.57 Å². The van der Waals surface area contributed by atoms with E-state index in [1.807, 2.05) is 55.5 Å². The van der Waals surface area contributed by atoms with E-state index in [1.54, 1.807) is 0 Å². The number of hydrogen-bond acceptors (Lipinski definition) is 8. The van der Waals surface area contributed by atoms with Crippen LogP contribution in [-0.2, 0) is 0 Å². The topological polar surface area (TPSA) is 147 Å². The summed E-state index contributed by atoms with van der Waals surface area (Å²) in [5, 5.41) is 41.3. The summed E-state index contributed by atoms with van der Waals surface area (Å²) in [4.78, 5) is 19.9. The maximum absolute atomic E-state index is 14.1. The second kappa shape index (κ2) is 13.4. The van der Waals surface area contributed by atoms with Crippen LogP contribution in [0.3, 0.4) is 0 Å². The fourth-order valence-corrected chi connectivity index (χ4v) is 6.15. The second-order valence-corrected chi connectivity index (χ2v) is 11.9. The Hall–Kier alpha value is -7.47. The number of aromatic nitrogens is 4. The molecule has 1 aliphatic carbocycles. The zero-order valence-electron chi connectivity index (χ0n) is 27.1. The van der Waals surface area contributed by atoms with Gasteiger partial charge in [0.15, 0.2) is 0 Å². The van der Waals surface area contributed by atoms with Crippen LogP contribution in [0.25, 0.3) is 50.6 Å². The van der Waals surface area contributed by atoms with Gasteiger partial charge in [-0.15, -0.1) is 0 Å². The molecular weight excluding hydrogens is 662 g/mol. The van der Waals surface area contributed by atoms with E-state index >= 15 is 0 Å². The highest BCUT2D eigenvalue weighted by molar-refractivity contribution is 5.92. The van der Waals surface area contributed by atoms with E-state index in [0.29, 0.717) is 27.9 Å². The minimum atomic E-state index is -1.42. The quantitative estimate of drug-likeness (QED) is 0.164. The summed E-state index contributed by atoms with van der Waals surface area (Å²) >= 11 is 0. The molecule has 2 aromatic heterocycles. The zero-order chi connectivity index (χ0) is 36.5. The third-order valence-electron chi connectivity index (χ3n) is 8.67. The van der Waals surface area contributed by atoms with Gasteiger partial charge in [-0.25, -0.2) is 33.1 Å². The Morgan fingerprint density at radius 1 is 0.500 bits per heavy atom. The van der Waals surface area contributed by atoms with Gasteiger partial charge in [0.05, 0.1) is 69.2 Å². The predicted molar refractivity (Wildman–Crippen MR) is 184 cm³/mol. The highest BCUT2D eigenvalue weighted by Crippen LogP contribution is 2.48. The van der Waals surface area contributed by atoms with E-state index in [1.165, 1.54) is 72.8 Å². The second-order valence-electron chi connectivity index (χ2n) is 11.9. The molecule has 0 radical (unpaired) electrons. The van der Waals surface area contributed by atoms with Gasteiger partial charge in [0.1, 0.15) is 41.1 Å². The van der Waals surface area contributed by atoms with E-state index in [9.17, 15) is 34.2 Å². The Kier molecular flexibility index (Phi) is 8.54. The lowest BCUT2D eigenvalue weighted by Gasteiger charge is -2.30. The van der Waals surface area contributed by atoms with Crippen molar-refractivity contribution in [3.05, 3.63) is 148 Å². The van der Waals surface area contributed by atoms with Crippen molar-refractivity contribution in [3.8, 4) is 69.3 Å². The molecule has 0 saturated heterocycles. The summed E-state index contributed by atoms with van der Waals surface area (Å²) in [6, 6.07) is 31.7. The van der Waals surface area contributed by atoms with Crippen molar-refractivity contribution in [2.45, 2.75) is 12.8 Å². The number of fused-ring (bicyclic) bond motifs is 2. The Balaban J connectivity index is 1.64. The molecule has 7 rings (SSSR count). The van der Waals surface area contributed by atoms with E-state index in [4.69, 9.17) is 19.9 Å². The fraction of sp³-hybridized carbons (Fsp3) is 0.0732. The number of nitriles is 4. The van der Waals surface area contributed by atoms with Crippen LogP contribution >= 0.6 is 0 Å². The van der Waals surface area contributed by atoms with E-state index in [2.05, 4.69) is 0 Å². The van der Waals surface area contributed by atoms with Gasteiger partial charge in [-0.2, -0.15) is 21.0 Å². The minimum absolute atomic E-state index is 0.00465. The highest BCUT2D eigenvalue weighted by atomic mass is 19.1. The molecule has 0 N–H and O–H groups in total. The molecule has 0 saturated carbocycles. The van der Waals surface area contributed by atoms with Crippen molar-refractivity contribution in [1.29, 1.82) is 21.0 Å². The lowest BCUT2D eigenvalue weighted by molar-refractivity contribution is 0.627. The van der Waals surface area contributed by atoms with E-state index in [0.717, 1.165) is 5.56 Å². The molecule has 2 heterocycles. The number of nitrogens with zero attached hydrogens (tertiary/aromatic N) is 8. The first kappa shape index (κ1) is 33.0. The van der Waals surface area contributed by atoms with Crippen LogP contribution in [0.1, 0.15) is 34.3 Å². The smallest absolute Gasteiger partial charge is 0.147 e. The summed E-state index contributed by atoms with van der Waals surface area (Å²) < 4.78 is 42.3. The number of rotatable bonds is 5. The predicted octanol–water partition coefficient (Wildman–Crippen LogP) is 8.62. The van der Waals surface area contributed by atoms with Crippen molar-refractivity contribution in [1.82, 2.24) is 19.9 Å². The molecule has 0 fully saturated rings. The van der Waals surface area contributed by atoms with Gasteiger partial charge < -0.3 is 0 Å². The maximum atomic E-state index is 14.1. The van der Waals surface area contributed by atoms with Crippen LogP contribution in [-0.4, -0.2) is 19.9 Å². The highest BCUT2D eigenvalue weighted by Gasteiger charge is 2.42. The van der Waals surface area contributed by atoms with Gasteiger partial charge in [-0.1, -0.05) is 29.8 Å². The molecule has 0 bridgehead atoms. The molecule has 8 nitrogen and oxygen atoms in total. The van der Waals surface area contributed by atoms with Crippen LogP contribution in [0.2, 0.25) is 0 Å². The van der Waals surface area contributed by atoms with E-state index < -0.39 is 29.3 Å². The average Bonchev–Trinajstić information content (AvgIpc) is 3.16. The maximum Gasteiger partial charge on any atom is 0.147 e. The summed E-state index contributed by atoms with van der Waals surface area (Å²) in [6.45, 7) is 1.92. The monoisotopic (exact) mass is 682 g/mol. The first-order chi connectivity index (χ1) is 25.2. The zero-order valence-corrected chi connectivity index (χ0v) is 27.1. The van der Waals surface area contributed by atoms with Crippen molar-refractivity contribution < 1.29 is 13.2 Å². The van der Waals surface area contributed by atoms with Crippen LogP contribution < -0.4 is 0 Å². The number of allylic oxidation sites excluding steroid dienone is 1. The molecule has 6 aromatic rings. The first-order valence-electron chi connectivity index (χ1n) is 15.8. The molecular formula is C41H21F3N8. The van der Waals surface area contributed by atoms with Crippen molar-refractivity contribution in [2.24, 2.45) is 5.92 Å². The molecule has 1 unspecified atom stereocenters. The number of benzene rings is 4. The Morgan fingerprint density at radius 2 is 0.827 bits per heavy atom. The van der Waals surface area contributed by atoms with Gasteiger partial charge in [0.2, 0.25) is 0 Å². The van der Waals surface area contributed by atoms with Gasteiger partial charge in [-0.3, -0.25) is 0 Å². The Morgan fingerprint density at radius 3 is 1.15 bits per heavy atom. The van der Waals surface area contributed by atoms with Crippen LogP contribution in [0.5, 0.6) is 0 Å². The molecule has 1 atom stereocenters. The summed E-state index contributed by atoms with van der Waals surface area (Å²) in [7, 11) is 0. The van der Waals surface area contributed by atoms with E-state index in [-0.39, 0.29) is 51.0 Å². The Bertz CT molecular complexity index is 2410. The third kappa shape index (κ3) is 5.79. The van der Waals surface area contributed by atoms with Gasteiger partial charge in [0.25, 0.3) is 0 Å². The molecule has 52 heavy (non-hydrogen) atoms. The van der Waals surface area contributed by atoms with Crippen molar-refractivity contribution in [3.63, 3.8) is 0 Å². The molecule has 0 aliphatic heterocycles. The van der Waals surface area contributed by atoms with Crippen molar-refractivity contribution in [2.75, 3.05) is 0 Å². The normalized spacial score (nSPS) is 12.9. The molecule has 4 aromatic carbocycles. The van der Waals surface area contributed by atoms with Crippen LogP contribution in [0, 0.1) is 75.6 Å². The molecule has 11 heteroatoms. The van der Waals surface area contributed by atoms with Gasteiger partial charge in [-0.05, 0) is 79.7 Å². The molecule has 246 valence electrons. The minimum Gasteiger partial charge on any atom is -0.247 e. The molecule has 0 spiro atoms. The summed E-state index contributed by atoms with van der Waals surface area (Å²) in [5.74, 6) is -4.13. The van der Waals surface area contributed by atoms with Gasteiger partial charge >= 0.3 is 0 Å². The Labute approximate surface area is 295 Å². The van der Waals surface area contributed by atoms with Gasteiger partial charge in [0, 0.05) is 22.3 Å². The lowest BCUT2D eigenvalue weighted by Crippen LogP contribution is -2.26. The summed E-state index contributed by atoms with van der Waals surface area (Å²) in [6.07, 6.45) is 0. The lowest BCUT2D eigenvalue weighted by atomic mass is 9.77. The molecule has 0 amide bonds.